The zero-order valence-electron chi connectivity index (χ0n) is 19.9. The number of thioether (sulfide) groups is 1. The van der Waals surface area contributed by atoms with Crippen LogP contribution in [0.1, 0.15) is 10.8 Å². The van der Waals surface area contributed by atoms with Crippen molar-refractivity contribution in [3.63, 3.8) is 0 Å². The van der Waals surface area contributed by atoms with Crippen molar-refractivity contribution in [2.75, 3.05) is 16.0 Å². The van der Waals surface area contributed by atoms with E-state index in [2.05, 4.69) is 16.0 Å². The Morgan fingerprint density at radius 1 is 0.541 bits per heavy atom. The Bertz CT molecular complexity index is 1510. The molecule has 0 aliphatic heterocycles. The molecule has 37 heavy (non-hydrogen) atoms. The van der Waals surface area contributed by atoms with Crippen molar-refractivity contribution in [1.29, 1.82) is 0 Å². The first kappa shape index (κ1) is 24.2. The van der Waals surface area contributed by atoms with E-state index in [0.717, 1.165) is 32.6 Å². The first-order valence-electron chi connectivity index (χ1n) is 11.9. The molecule has 3 amide bonds. The van der Waals surface area contributed by atoms with Gasteiger partial charge in [0.2, 0.25) is 5.91 Å². The number of fused-ring (bicyclic) bond motifs is 1. The SMILES string of the molecule is O=C(Nc1ccccc1)Nc1ccc(SC(C(=O)Nc2ccc3ccccc3c2)c2ccccc2)cc1. The van der Waals surface area contributed by atoms with Gasteiger partial charge in [-0.2, -0.15) is 0 Å². The van der Waals surface area contributed by atoms with Crippen molar-refractivity contribution in [3.8, 4) is 0 Å². The van der Waals surface area contributed by atoms with E-state index >= 15 is 0 Å². The molecule has 5 nitrogen and oxygen atoms in total. The van der Waals surface area contributed by atoms with Crippen molar-refractivity contribution in [2.24, 2.45) is 0 Å². The lowest BCUT2D eigenvalue weighted by Gasteiger charge is -2.18. The zero-order chi connectivity index (χ0) is 25.5. The first-order valence-corrected chi connectivity index (χ1v) is 12.8. The van der Waals surface area contributed by atoms with Gasteiger partial charge in [-0.25, -0.2) is 4.79 Å². The minimum Gasteiger partial charge on any atom is -0.325 e. The molecule has 0 fully saturated rings. The van der Waals surface area contributed by atoms with Crippen LogP contribution >= 0.6 is 11.8 Å². The lowest BCUT2D eigenvalue weighted by Crippen LogP contribution is -2.19. The minimum absolute atomic E-state index is 0.101. The third kappa shape index (κ3) is 6.37. The number of nitrogens with one attached hydrogen (secondary N) is 3. The van der Waals surface area contributed by atoms with E-state index < -0.39 is 5.25 Å². The maximum Gasteiger partial charge on any atom is 0.323 e. The molecular formula is C31H25N3O2S. The van der Waals surface area contributed by atoms with Gasteiger partial charge in [-0.05, 0) is 64.9 Å². The van der Waals surface area contributed by atoms with E-state index in [-0.39, 0.29) is 11.9 Å². The molecule has 0 aromatic heterocycles. The Balaban J connectivity index is 1.29. The van der Waals surface area contributed by atoms with Gasteiger partial charge in [0.05, 0.1) is 0 Å². The van der Waals surface area contributed by atoms with Crippen molar-refractivity contribution in [3.05, 3.63) is 133 Å². The number of para-hydroxylation sites is 1. The fourth-order valence-electron chi connectivity index (χ4n) is 3.94. The number of carbonyl (C=O) groups is 2. The summed E-state index contributed by atoms with van der Waals surface area (Å²) in [5.74, 6) is -0.101. The van der Waals surface area contributed by atoms with Crippen LogP contribution in [0.25, 0.3) is 10.8 Å². The molecule has 3 N–H and O–H groups in total. The highest BCUT2D eigenvalue weighted by atomic mass is 32.2. The largest absolute Gasteiger partial charge is 0.325 e. The third-order valence-corrected chi connectivity index (χ3v) is 7.02. The predicted octanol–water partition coefficient (Wildman–Crippen LogP) is 7.96. The van der Waals surface area contributed by atoms with Gasteiger partial charge in [0, 0.05) is 22.0 Å². The molecule has 0 aliphatic carbocycles. The van der Waals surface area contributed by atoms with Crippen LogP contribution in [0, 0.1) is 0 Å². The molecular weight excluding hydrogens is 478 g/mol. The molecule has 0 aliphatic rings. The average Bonchev–Trinajstić information content (AvgIpc) is 2.93. The highest BCUT2D eigenvalue weighted by Gasteiger charge is 2.22. The Morgan fingerprint density at radius 3 is 1.81 bits per heavy atom. The van der Waals surface area contributed by atoms with E-state index in [1.54, 1.807) is 0 Å². The van der Waals surface area contributed by atoms with Gasteiger partial charge < -0.3 is 16.0 Å². The van der Waals surface area contributed by atoms with Crippen molar-refractivity contribution >= 4 is 51.5 Å². The van der Waals surface area contributed by atoms with Gasteiger partial charge >= 0.3 is 6.03 Å². The third-order valence-electron chi connectivity index (χ3n) is 5.76. The molecule has 6 heteroatoms. The van der Waals surface area contributed by atoms with Crippen molar-refractivity contribution in [2.45, 2.75) is 10.1 Å². The van der Waals surface area contributed by atoms with Crippen molar-refractivity contribution < 1.29 is 9.59 Å². The van der Waals surface area contributed by atoms with E-state index in [0.29, 0.717) is 5.69 Å². The Morgan fingerprint density at radius 2 is 1.11 bits per heavy atom. The molecule has 0 saturated carbocycles. The number of hydrogen-bond donors (Lipinski definition) is 3. The van der Waals surface area contributed by atoms with Gasteiger partial charge in [-0.3, -0.25) is 4.79 Å². The summed E-state index contributed by atoms with van der Waals surface area (Å²) in [4.78, 5) is 26.6. The molecule has 0 bridgehead atoms. The molecule has 5 aromatic rings. The second-order valence-corrected chi connectivity index (χ2v) is 9.61. The predicted molar refractivity (Wildman–Crippen MR) is 153 cm³/mol. The number of rotatable bonds is 7. The Hall–Kier alpha value is -4.55. The standard InChI is InChI=1S/C31H25N3O2S/c35-30(32-27-16-15-22-9-7-8-12-24(22)21-27)29(23-10-3-1-4-11-23)37-28-19-17-26(18-20-28)34-31(36)33-25-13-5-2-6-14-25/h1-21,29H,(H,32,35)(H2,33,34,36). The molecule has 0 heterocycles. The highest BCUT2D eigenvalue weighted by Crippen LogP contribution is 2.37. The summed E-state index contributed by atoms with van der Waals surface area (Å²) in [6, 6.07) is 40.1. The number of carbonyl (C=O) groups excluding carboxylic acids is 2. The molecule has 182 valence electrons. The normalized spacial score (nSPS) is 11.5. The quantitative estimate of drug-likeness (QED) is 0.197. The smallest absolute Gasteiger partial charge is 0.323 e. The maximum atomic E-state index is 13.4. The van der Waals surface area contributed by atoms with Crippen LogP contribution in [0.5, 0.6) is 0 Å². The highest BCUT2D eigenvalue weighted by molar-refractivity contribution is 8.00. The number of urea groups is 1. The summed E-state index contributed by atoms with van der Waals surface area (Å²) in [7, 11) is 0. The summed E-state index contributed by atoms with van der Waals surface area (Å²) in [5.41, 5.74) is 3.05. The number of anilines is 3. The molecule has 1 unspecified atom stereocenters. The zero-order valence-corrected chi connectivity index (χ0v) is 20.7. The van der Waals surface area contributed by atoms with Crippen LogP contribution in [0.4, 0.5) is 21.9 Å². The van der Waals surface area contributed by atoms with E-state index in [9.17, 15) is 9.59 Å². The van der Waals surface area contributed by atoms with Gasteiger partial charge in [-0.15, -0.1) is 11.8 Å². The molecule has 0 radical (unpaired) electrons. The molecule has 5 rings (SSSR count). The molecule has 1 atom stereocenters. The van der Waals surface area contributed by atoms with Gasteiger partial charge in [0.25, 0.3) is 0 Å². The second kappa shape index (κ2) is 11.5. The topological polar surface area (TPSA) is 70.2 Å². The summed E-state index contributed by atoms with van der Waals surface area (Å²) < 4.78 is 0. The summed E-state index contributed by atoms with van der Waals surface area (Å²) >= 11 is 1.46. The van der Waals surface area contributed by atoms with E-state index in [4.69, 9.17) is 0 Å². The van der Waals surface area contributed by atoms with Crippen LogP contribution in [0.2, 0.25) is 0 Å². The van der Waals surface area contributed by atoms with Crippen LogP contribution in [0.3, 0.4) is 0 Å². The van der Waals surface area contributed by atoms with E-state index in [1.807, 2.05) is 127 Å². The van der Waals surface area contributed by atoms with E-state index in [1.165, 1.54) is 11.8 Å². The van der Waals surface area contributed by atoms with Gasteiger partial charge in [-0.1, -0.05) is 78.9 Å². The first-order chi connectivity index (χ1) is 18.1. The van der Waals surface area contributed by atoms with Crippen LogP contribution < -0.4 is 16.0 Å². The summed E-state index contributed by atoms with van der Waals surface area (Å²) in [6.45, 7) is 0. The fraction of sp³-hybridized carbons (Fsp3) is 0.0323. The summed E-state index contributed by atoms with van der Waals surface area (Å²) in [5, 5.41) is 10.5. The lowest BCUT2D eigenvalue weighted by atomic mass is 10.1. The molecule has 5 aromatic carbocycles. The monoisotopic (exact) mass is 503 g/mol. The maximum absolute atomic E-state index is 13.4. The van der Waals surface area contributed by atoms with Gasteiger partial charge in [0.15, 0.2) is 0 Å². The number of amides is 3. The number of benzene rings is 5. The fourth-order valence-corrected chi connectivity index (χ4v) is 4.97. The minimum atomic E-state index is -0.451. The summed E-state index contributed by atoms with van der Waals surface area (Å²) in [6.07, 6.45) is 0. The van der Waals surface area contributed by atoms with Crippen molar-refractivity contribution in [1.82, 2.24) is 0 Å². The molecule has 0 spiro atoms. The second-order valence-electron chi connectivity index (χ2n) is 8.43. The Labute approximate surface area is 219 Å². The lowest BCUT2D eigenvalue weighted by molar-refractivity contribution is -0.115. The van der Waals surface area contributed by atoms with Crippen LogP contribution in [-0.4, -0.2) is 11.9 Å². The van der Waals surface area contributed by atoms with Crippen LogP contribution in [0.15, 0.2) is 132 Å². The van der Waals surface area contributed by atoms with Crippen LogP contribution in [-0.2, 0) is 4.79 Å². The number of hydrogen-bond acceptors (Lipinski definition) is 3. The average molecular weight is 504 g/mol. The Kier molecular flexibility index (Phi) is 7.48. The molecule has 0 saturated heterocycles. The van der Waals surface area contributed by atoms with Gasteiger partial charge in [0.1, 0.15) is 5.25 Å².